The van der Waals surface area contributed by atoms with Crippen LogP contribution in [0.3, 0.4) is 0 Å². The maximum absolute atomic E-state index is 12.4. The molecule has 0 aliphatic rings. The van der Waals surface area contributed by atoms with Crippen LogP contribution in [0.2, 0.25) is 0 Å². The second-order valence-electron chi connectivity index (χ2n) is 5.27. The third-order valence-electron chi connectivity index (χ3n) is 3.07. The zero-order valence-electron chi connectivity index (χ0n) is 12.8. The van der Waals surface area contributed by atoms with Crippen LogP contribution in [0.25, 0.3) is 0 Å². The lowest BCUT2D eigenvalue weighted by atomic mass is 10.1. The summed E-state index contributed by atoms with van der Waals surface area (Å²) in [5.74, 6) is 0.874. The van der Waals surface area contributed by atoms with Gasteiger partial charge in [-0.1, -0.05) is 13.8 Å². The number of hydrogen-bond acceptors (Lipinski definition) is 5. The summed E-state index contributed by atoms with van der Waals surface area (Å²) in [4.78, 5) is 8.14. The van der Waals surface area contributed by atoms with Crippen LogP contribution in [0.1, 0.15) is 34.1 Å². The Bertz CT molecular complexity index is 514. The Morgan fingerprint density at radius 1 is 1.25 bits per heavy atom. The van der Waals surface area contributed by atoms with Gasteiger partial charge in [0.15, 0.2) is 0 Å². The van der Waals surface area contributed by atoms with E-state index >= 15 is 0 Å². The van der Waals surface area contributed by atoms with Gasteiger partial charge in [0.1, 0.15) is 4.90 Å². The first kappa shape index (κ1) is 16.8. The zero-order chi connectivity index (χ0) is 15.3. The minimum atomic E-state index is -3.53. The van der Waals surface area contributed by atoms with Gasteiger partial charge < -0.3 is 5.32 Å². The number of nitrogens with zero attached hydrogens (tertiary/aromatic N) is 3. The number of nitrogens with one attached hydrogen (secondary N) is 1. The van der Waals surface area contributed by atoms with Crippen molar-refractivity contribution < 1.29 is 8.42 Å². The molecule has 0 radical (unpaired) electrons. The van der Waals surface area contributed by atoms with Gasteiger partial charge in [-0.3, -0.25) is 0 Å². The summed E-state index contributed by atoms with van der Waals surface area (Å²) in [5, 5.41) is 2.93. The van der Waals surface area contributed by atoms with Crippen molar-refractivity contribution in [3.63, 3.8) is 0 Å². The molecule has 0 bridgehead atoms. The van der Waals surface area contributed by atoms with Crippen molar-refractivity contribution >= 4 is 16.0 Å². The molecule has 0 aliphatic heterocycles. The number of aromatic nitrogens is 2. The highest BCUT2D eigenvalue weighted by molar-refractivity contribution is 7.89. The van der Waals surface area contributed by atoms with Gasteiger partial charge in [-0.15, -0.1) is 0 Å². The van der Waals surface area contributed by atoms with E-state index in [0.717, 1.165) is 6.42 Å². The van der Waals surface area contributed by atoms with Crippen molar-refractivity contribution in [2.75, 3.05) is 18.9 Å². The Labute approximate surface area is 121 Å². The molecule has 1 aromatic heterocycles. The van der Waals surface area contributed by atoms with Crippen LogP contribution in [0.15, 0.2) is 17.3 Å². The number of sulfonamides is 1. The molecule has 0 aromatic carbocycles. The summed E-state index contributed by atoms with van der Waals surface area (Å²) < 4.78 is 26.3. The fraction of sp³-hybridized carbons (Fsp3) is 0.692. The molecule has 0 aliphatic carbocycles. The fourth-order valence-electron chi connectivity index (χ4n) is 1.93. The summed E-state index contributed by atoms with van der Waals surface area (Å²) in [6, 6.07) is -0.0616. The van der Waals surface area contributed by atoms with E-state index in [2.05, 4.69) is 29.1 Å². The van der Waals surface area contributed by atoms with Gasteiger partial charge in [0.25, 0.3) is 0 Å². The van der Waals surface area contributed by atoms with Crippen LogP contribution >= 0.6 is 0 Å². The van der Waals surface area contributed by atoms with Crippen LogP contribution in [0, 0.1) is 5.92 Å². The highest BCUT2D eigenvalue weighted by atomic mass is 32.2. The first-order chi connectivity index (χ1) is 9.28. The Hall–Kier alpha value is -1.21. The van der Waals surface area contributed by atoms with Crippen LogP contribution in [0.5, 0.6) is 0 Å². The molecule has 1 atom stereocenters. The molecule has 0 saturated heterocycles. The molecular formula is C13H24N4O2S. The monoisotopic (exact) mass is 300 g/mol. The summed E-state index contributed by atoms with van der Waals surface area (Å²) in [5.41, 5.74) is 0. The van der Waals surface area contributed by atoms with E-state index in [9.17, 15) is 8.42 Å². The average molecular weight is 300 g/mol. The molecule has 20 heavy (non-hydrogen) atoms. The van der Waals surface area contributed by atoms with Crippen molar-refractivity contribution in [2.24, 2.45) is 5.92 Å². The average Bonchev–Trinajstić information content (AvgIpc) is 2.38. The molecule has 0 spiro atoms. The van der Waals surface area contributed by atoms with Gasteiger partial charge in [-0.05, 0) is 26.2 Å². The van der Waals surface area contributed by atoms with E-state index in [-0.39, 0.29) is 10.9 Å². The van der Waals surface area contributed by atoms with Gasteiger partial charge in [-0.25, -0.2) is 18.4 Å². The summed E-state index contributed by atoms with van der Waals surface area (Å²) >= 11 is 0. The SMILES string of the molecule is CCNc1ncc(S(=O)(=O)N(C)C(C)CC(C)C)cn1. The minimum absolute atomic E-state index is 0.0616. The second-order valence-corrected chi connectivity index (χ2v) is 7.27. The third-order valence-corrected chi connectivity index (χ3v) is 5.00. The van der Waals surface area contributed by atoms with Crippen molar-refractivity contribution in [3.8, 4) is 0 Å². The topological polar surface area (TPSA) is 75.2 Å². The molecule has 0 saturated carbocycles. The van der Waals surface area contributed by atoms with Crippen molar-refractivity contribution in [1.82, 2.24) is 14.3 Å². The molecule has 6 nitrogen and oxygen atoms in total. The van der Waals surface area contributed by atoms with Gasteiger partial charge in [0.05, 0.1) is 12.4 Å². The van der Waals surface area contributed by atoms with E-state index in [1.54, 1.807) is 7.05 Å². The van der Waals surface area contributed by atoms with Crippen molar-refractivity contribution in [1.29, 1.82) is 0 Å². The standard InChI is InChI=1S/C13H24N4O2S/c1-6-14-13-15-8-12(9-16-13)20(18,19)17(5)11(4)7-10(2)3/h8-11H,6-7H2,1-5H3,(H,14,15,16). The molecular weight excluding hydrogens is 276 g/mol. The quantitative estimate of drug-likeness (QED) is 0.833. The van der Waals surface area contributed by atoms with Crippen LogP contribution < -0.4 is 5.32 Å². The number of rotatable bonds is 7. The van der Waals surface area contributed by atoms with Gasteiger partial charge in [0.2, 0.25) is 16.0 Å². The largest absolute Gasteiger partial charge is 0.355 e. The predicted octanol–water partition coefficient (Wildman–Crippen LogP) is 1.96. The van der Waals surface area contributed by atoms with E-state index in [1.807, 2.05) is 13.8 Å². The molecule has 1 unspecified atom stereocenters. The number of anilines is 1. The first-order valence-electron chi connectivity index (χ1n) is 6.83. The zero-order valence-corrected chi connectivity index (χ0v) is 13.6. The molecule has 0 fully saturated rings. The number of hydrogen-bond donors (Lipinski definition) is 1. The molecule has 1 heterocycles. The van der Waals surface area contributed by atoms with Gasteiger partial charge in [0, 0.05) is 19.6 Å². The van der Waals surface area contributed by atoms with Gasteiger partial charge in [-0.2, -0.15) is 4.31 Å². The third kappa shape index (κ3) is 4.14. The van der Waals surface area contributed by atoms with Gasteiger partial charge >= 0.3 is 0 Å². The normalized spacial score (nSPS) is 13.8. The highest BCUT2D eigenvalue weighted by Crippen LogP contribution is 2.19. The minimum Gasteiger partial charge on any atom is -0.355 e. The van der Waals surface area contributed by atoms with E-state index in [4.69, 9.17) is 0 Å². The fourth-order valence-corrected chi connectivity index (χ4v) is 3.20. The lowest BCUT2D eigenvalue weighted by Crippen LogP contribution is -2.36. The lowest BCUT2D eigenvalue weighted by Gasteiger charge is -2.25. The Morgan fingerprint density at radius 3 is 2.25 bits per heavy atom. The second kappa shape index (κ2) is 6.99. The molecule has 1 rings (SSSR count). The summed E-state index contributed by atoms with van der Waals surface area (Å²) in [6.45, 7) is 8.68. The first-order valence-corrected chi connectivity index (χ1v) is 8.27. The summed E-state index contributed by atoms with van der Waals surface area (Å²) in [6.07, 6.45) is 3.50. The Kier molecular flexibility index (Phi) is 5.88. The highest BCUT2D eigenvalue weighted by Gasteiger charge is 2.26. The van der Waals surface area contributed by atoms with Crippen molar-refractivity contribution in [2.45, 2.75) is 45.1 Å². The molecule has 7 heteroatoms. The van der Waals surface area contributed by atoms with E-state index in [1.165, 1.54) is 16.7 Å². The van der Waals surface area contributed by atoms with Crippen LogP contribution in [-0.4, -0.2) is 42.3 Å². The molecule has 0 amide bonds. The van der Waals surface area contributed by atoms with Crippen LogP contribution in [0.4, 0.5) is 5.95 Å². The van der Waals surface area contributed by atoms with E-state index in [0.29, 0.717) is 18.4 Å². The molecule has 1 aromatic rings. The maximum atomic E-state index is 12.4. The Balaban J connectivity index is 2.92. The smallest absolute Gasteiger partial charge is 0.246 e. The predicted molar refractivity (Wildman–Crippen MR) is 80.1 cm³/mol. The summed E-state index contributed by atoms with van der Waals surface area (Å²) in [7, 11) is -1.94. The van der Waals surface area contributed by atoms with Crippen LogP contribution in [-0.2, 0) is 10.0 Å². The van der Waals surface area contributed by atoms with E-state index < -0.39 is 10.0 Å². The van der Waals surface area contributed by atoms with Crippen molar-refractivity contribution in [3.05, 3.63) is 12.4 Å². The maximum Gasteiger partial charge on any atom is 0.246 e. The molecule has 1 N–H and O–H groups in total. The lowest BCUT2D eigenvalue weighted by molar-refractivity contribution is 0.337. The molecule has 114 valence electrons. The Morgan fingerprint density at radius 2 is 1.80 bits per heavy atom.